The molecule has 10 heteroatoms. The first-order valence-electron chi connectivity index (χ1n) is 13.4. The minimum atomic E-state index is -0.570. The van der Waals surface area contributed by atoms with Crippen LogP contribution < -0.4 is 15.5 Å². The van der Waals surface area contributed by atoms with Gasteiger partial charge in [-0.15, -0.1) is 0 Å². The van der Waals surface area contributed by atoms with E-state index in [4.69, 9.17) is 4.74 Å². The van der Waals surface area contributed by atoms with Gasteiger partial charge in [0.2, 0.25) is 0 Å². The summed E-state index contributed by atoms with van der Waals surface area (Å²) in [6, 6.07) is 18.3. The van der Waals surface area contributed by atoms with E-state index < -0.39 is 6.67 Å². The second kappa shape index (κ2) is 12.7. The zero-order chi connectivity index (χ0) is 27.9. The first-order chi connectivity index (χ1) is 19.6. The molecule has 2 aromatic heterocycles. The molecule has 1 fully saturated rings. The van der Waals surface area contributed by atoms with Gasteiger partial charge in [-0.1, -0.05) is 12.1 Å². The summed E-state index contributed by atoms with van der Waals surface area (Å²) in [4.78, 5) is 33.6. The largest absolute Gasteiger partial charge is 0.379 e. The van der Waals surface area contributed by atoms with Gasteiger partial charge in [0.1, 0.15) is 12.5 Å². The number of anilines is 3. The fraction of sp³-hybridized carbons (Fsp3) is 0.300. The van der Waals surface area contributed by atoms with E-state index in [2.05, 4.69) is 20.5 Å². The number of hydrogen-bond acceptors (Lipinski definition) is 6. The highest BCUT2D eigenvalue weighted by Crippen LogP contribution is 2.30. The van der Waals surface area contributed by atoms with E-state index in [0.717, 1.165) is 55.9 Å². The average Bonchev–Trinajstić information content (AvgIpc) is 3.43. The number of nitrogens with one attached hydrogen (secondary N) is 2. The summed E-state index contributed by atoms with van der Waals surface area (Å²) in [5.74, 6) is 0.105. The monoisotopic (exact) mass is 544 g/mol. The molecule has 1 saturated heterocycles. The molecule has 0 unspecified atom stereocenters. The number of benzene rings is 2. The Balaban J connectivity index is 1.27. The Hall–Kier alpha value is -4.28. The Bertz CT molecular complexity index is 1470. The van der Waals surface area contributed by atoms with E-state index in [0.29, 0.717) is 17.1 Å². The van der Waals surface area contributed by atoms with Crippen LogP contribution in [0.3, 0.4) is 0 Å². The number of carbonyl (C=O) groups excluding carboxylic acids is 2. The molecule has 0 saturated carbocycles. The lowest BCUT2D eigenvalue weighted by atomic mass is 10.1. The summed E-state index contributed by atoms with van der Waals surface area (Å²) in [6.07, 6.45) is 4.20. The van der Waals surface area contributed by atoms with Crippen molar-refractivity contribution >= 4 is 40.0 Å². The van der Waals surface area contributed by atoms with Crippen LogP contribution in [0.1, 0.15) is 15.9 Å². The van der Waals surface area contributed by atoms with Crippen LogP contribution >= 0.6 is 0 Å². The molecule has 208 valence electrons. The van der Waals surface area contributed by atoms with E-state index >= 15 is 0 Å². The molecule has 0 aliphatic carbocycles. The molecule has 0 bridgehead atoms. The molecule has 40 heavy (non-hydrogen) atoms. The standard InChI is InChI=1S/C30H33FN6O3/c1-32-30(39)37-14-10-24-20-25(6-7-27(24)37)36(15-11-31)26-8-12-33-28(21-26)34-29(38)23-4-2-22(3-5-23)9-13-35-16-18-40-19-17-35/h2-8,10,12,14,20-21H,9,11,13,15-19H2,1H3,(H,32,39)(H,33,34,38). The van der Waals surface area contributed by atoms with Crippen LogP contribution in [0.25, 0.3) is 10.9 Å². The van der Waals surface area contributed by atoms with Crippen molar-refractivity contribution < 1.29 is 18.7 Å². The fourth-order valence-corrected chi connectivity index (χ4v) is 4.87. The summed E-state index contributed by atoms with van der Waals surface area (Å²) in [6.45, 7) is 3.98. The summed E-state index contributed by atoms with van der Waals surface area (Å²) < 4.78 is 20.5. The summed E-state index contributed by atoms with van der Waals surface area (Å²) in [5, 5.41) is 6.32. The predicted octanol–water partition coefficient (Wildman–Crippen LogP) is 4.46. The number of amides is 2. The number of pyridine rings is 1. The Labute approximate surface area is 232 Å². The SMILES string of the molecule is CNC(=O)n1ccc2cc(N(CCF)c3ccnc(NC(=O)c4ccc(CCN5CCOCC5)cc4)c3)ccc21. The van der Waals surface area contributed by atoms with Gasteiger partial charge in [-0.05, 0) is 54.4 Å². The third-order valence-corrected chi connectivity index (χ3v) is 7.06. The zero-order valence-electron chi connectivity index (χ0n) is 22.5. The van der Waals surface area contributed by atoms with Gasteiger partial charge < -0.3 is 20.3 Å². The highest BCUT2D eigenvalue weighted by atomic mass is 19.1. The molecule has 0 atom stereocenters. The first kappa shape index (κ1) is 27.3. The van der Waals surface area contributed by atoms with E-state index in [1.54, 1.807) is 31.6 Å². The van der Waals surface area contributed by atoms with E-state index in [1.807, 2.05) is 53.4 Å². The van der Waals surface area contributed by atoms with Crippen molar-refractivity contribution in [2.75, 3.05) is 63.3 Å². The van der Waals surface area contributed by atoms with Gasteiger partial charge in [0.05, 0.1) is 25.3 Å². The molecular weight excluding hydrogens is 511 g/mol. The number of rotatable bonds is 9. The molecule has 5 rings (SSSR count). The zero-order valence-corrected chi connectivity index (χ0v) is 22.5. The number of ether oxygens (including phenoxy) is 1. The van der Waals surface area contributed by atoms with Crippen LogP contribution in [-0.4, -0.2) is 79.5 Å². The Kier molecular flexibility index (Phi) is 8.68. The molecule has 9 nitrogen and oxygen atoms in total. The lowest BCUT2D eigenvalue weighted by Gasteiger charge is -2.26. The van der Waals surface area contributed by atoms with Gasteiger partial charge in [-0.25, -0.2) is 14.2 Å². The maximum atomic E-state index is 13.6. The summed E-state index contributed by atoms with van der Waals surface area (Å²) >= 11 is 0. The molecule has 2 aromatic carbocycles. The maximum absolute atomic E-state index is 13.6. The third-order valence-electron chi connectivity index (χ3n) is 7.06. The molecule has 4 aromatic rings. The van der Waals surface area contributed by atoms with Gasteiger partial charge in [-0.3, -0.25) is 14.3 Å². The number of aromatic nitrogens is 2. The lowest BCUT2D eigenvalue weighted by Crippen LogP contribution is -2.37. The Morgan fingerprint density at radius 2 is 1.80 bits per heavy atom. The molecule has 2 N–H and O–H groups in total. The van der Waals surface area contributed by atoms with Crippen LogP contribution in [-0.2, 0) is 11.2 Å². The van der Waals surface area contributed by atoms with Gasteiger partial charge in [0.25, 0.3) is 5.91 Å². The number of hydrogen-bond donors (Lipinski definition) is 2. The highest BCUT2D eigenvalue weighted by Gasteiger charge is 2.15. The van der Waals surface area contributed by atoms with Gasteiger partial charge >= 0.3 is 6.03 Å². The van der Waals surface area contributed by atoms with Gasteiger partial charge in [0.15, 0.2) is 0 Å². The van der Waals surface area contributed by atoms with Crippen LogP contribution in [0, 0.1) is 0 Å². The molecule has 1 aliphatic rings. The Morgan fingerprint density at radius 1 is 1.02 bits per heavy atom. The predicted molar refractivity (Wildman–Crippen MR) is 154 cm³/mol. The number of fused-ring (bicyclic) bond motifs is 1. The van der Waals surface area contributed by atoms with Crippen molar-refractivity contribution in [3.8, 4) is 0 Å². The number of nitrogens with zero attached hydrogens (tertiary/aromatic N) is 4. The van der Waals surface area contributed by atoms with Crippen molar-refractivity contribution in [3.05, 3.63) is 84.2 Å². The van der Waals surface area contributed by atoms with Crippen LogP contribution in [0.4, 0.5) is 26.4 Å². The third kappa shape index (κ3) is 6.30. The summed E-state index contributed by atoms with van der Waals surface area (Å²) in [5.41, 5.74) is 3.90. The average molecular weight is 545 g/mol. The number of carbonyl (C=O) groups is 2. The van der Waals surface area contributed by atoms with E-state index in [1.165, 1.54) is 10.1 Å². The number of alkyl halides is 1. The van der Waals surface area contributed by atoms with Gasteiger partial charge in [-0.2, -0.15) is 0 Å². The van der Waals surface area contributed by atoms with Crippen molar-refractivity contribution in [1.29, 1.82) is 0 Å². The maximum Gasteiger partial charge on any atom is 0.325 e. The quantitative estimate of drug-likeness (QED) is 0.323. The minimum Gasteiger partial charge on any atom is -0.379 e. The molecular formula is C30H33FN6O3. The molecule has 0 spiro atoms. The van der Waals surface area contributed by atoms with Crippen molar-refractivity contribution in [3.63, 3.8) is 0 Å². The smallest absolute Gasteiger partial charge is 0.325 e. The second-order valence-electron chi connectivity index (χ2n) is 9.58. The molecule has 1 aliphatic heterocycles. The van der Waals surface area contributed by atoms with Crippen molar-refractivity contribution in [2.24, 2.45) is 0 Å². The second-order valence-corrected chi connectivity index (χ2v) is 9.58. The van der Waals surface area contributed by atoms with E-state index in [9.17, 15) is 14.0 Å². The van der Waals surface area contributed by atoms with Gasteiger partial charge in [0, 0.05) is 67.5 Å². The normalized spacial score (nSPS) is 13.8. The van der Waals surface area contributed by atoms with Crippen molar-refractivity contribution in [2.45, 2.75) is 6.42 Å². The van der Waals surface area contributed by atoms with Crippen LogP contribution in [0.15, 0.2) is 73.1 Å². The topological polar surface area (TPSA) is 91.7 Å². The molecule has 2 amide bonds. The first-order valence-corrected chi connectivity index (χ1v) is 13.4. The fourth-order valence-electron chi connectivity index (χ4n) is 4.87. The Morgan fingerprint density at radius 3 is 2.55 bits per heavy atom. The summed E-state index contributed by atoms with van der Waals surface area (Å²) in [7, 11) is 1.58. The lowest BCUT2D eigenvalue weighted by molar-refractivity contribution is 0.0384. The molecule has 0 radical (unpaired) electrons. The van der Waals surface area contributed by atoms with Crippen molar-refractivity contribution in [1.82, 2.24) is 19.8 Å². The number of morpholine rings is 1. The van der Waals surface area contributed by atoms with Crippen LogP contribution in [0.5, 0.6) is 0 Å². The molecule has 3 heterocycles. The van der Waals surface area contributed by atoms with Crippen LogP contribution in [0.2, 0.25) is 0 Å². The minimum absolute atomic E-state index is 0.116. The highest BCUT2D eigenvalue weighted by molar-refractivity contribution is 6.04. The number of halogens is 1. The van der Waals surface area contributed by atoms with E-state index in [-0.39, 0.29) is 18.5 Å².